The average molecular weight is 362 g/mol. The van der Waals surface area contributed by atoms with Crippen LogP contribution in [0.3, 0.4) is 0 Å². The van der Waals surface area contributed by atoms with Crippen LogP contribution in [0.25, 0.3) is 11.1 Å². The normalized spacial score (nSPS) is 13.8. The highest BCUT2D eigenvalue weighted by atomic mass is 32.2. The third-order valence-corrected chi connectivity index (χ3v) is 5.03. The summed E-state index contributed by atoms with van der Waals surface area (Å²) in [5.41, 5.74) is 6.99. The predicted octanol–water partition coefficient (Wildman–Crippen LogP) is 3.89. The summed E-state index contributed by atoms with van der Waals surface area (Å²) >= 11 is 1.52. The smallest absolute Gasteiger partial charge is 0.182 e. The van der Waals surface area contributed by atoms with E-state index in [1.165, 1.54) is 23.9 Å². The van der Waals surface area contributed by atoms with Gasteiger partial charge in [-0.3, -0.25) is 10.4 Å². The number of hydrazine groups is 2. The Kier molecular flexibility index (Phi) is 3.69. The number of rotatable bonds is 4. The second kappa shape index (κ2) is 6.32. The Morgan fingerprint density at radius 1 is 1.04 bits per heavy atom. The number of nitrogens with one attached hydrogen (secondary N) is 1. The number of hydrogen-bond acceptors (Lipinski definition) is 8. The van der Waals surface area contributed by atoms with E-state index in [9.17, 15) is 0 Å². The summed E-state index contributed by atoms with van der Waals surface area (Å²) in [5.74, 6) is 0.834. The van der Waals surface area contributed by atoms with Crippen LogP contribution in [0.2, 0.25) is 0 Å². The molecule has 0 unspecified atom stereocenters. The van der Waals surface area contributed by atoms with Crippen LogP contribution >= 0.6 is 11.9 Å². The number of oxazole rings is 1. The van der Waals surface area contributed by atoms with Crippen molar-refractivity contribution in [1.29, 1.82) is 0 Å². The van der Waals surface area contributed by atoms with Crippen LogP contribution in [0.1, 0.15) is 5.56 Å². The van der Waals surface area contributed by atoms with Gasteiger partial charge in [0.25, 0.3) is 0 Å². The molecule has 5 rings (SSSR count). The Hall–Kier alpha value is -3.10. The zero-order chi connectivity index (χ0) is 17.3. The first-order valence-electron chi connectivity index (χ1n) is 8.07. The molecule has 8 heteroatoms. The van der Waals surface area contributed by atoms with Crippen molar-refractivity contribution in [3.8, 4) is 0 Å². The third-order valence-electron chi connectivity index (χ3n) is 4.05. The maximum atomic E-state index is 5.56. The molecule has 1 aliphatic heterocycles. The highest BCUT2D eigenvalue weighted by Crippen LogP contribution is 2.39. The van der Waals surface area contributed by atoms with Crippen LogP contribution in [0.5, 0.6) is 0 Å². The molecule has 0 aliphatic carbocycles. The summed E-state index contributed by atoms with van der Waals surface area (Å²) in [7, 11) is 0. The van der Waals surface area contributed by atoms with Gasteiger partial charge >= 0.3 is 0 Å². The molecule has 0 saturated heterocycles. The van der Waals surface area contributed by atoms with E-state index in [1.807, 2.05) is 40.9 Å². The molecule has 0 amide bonds. The Balaban J connectivity index is 1.50. The lowest BCUT2D eigenvalue weighted by Crippen LogP contribution is -2.35. The highest BCUT2D eigenvalue weighted by Gasteiger charge is 2.30. The molecule has 2 aromatic heterocycles. The van der Waals surface area contributed by atoms with Crippen LogP contribution in [-0.4, -0.2) is 19.5 Å². The van der Waals surface area contributed by atoms with Crippen molar-refractivity contribution in [3.05, 3.63) is 73.0 Å². The number of para-hydroxylation sites is 1. The maximum Gasteiger partial charge on any atom is 0.182 e. The zero-order valence-electron chi connectivity index (χ0n) is 13.6. The van der Waals surface area contributed by atoms with Gasteiger partial charge in [-0.1, -0.05) is 40.9 Å². The number of nitrogens with zero attached hydrogens (tertiary/aromatic N) is 5. The van der Waals surface area contributed by atoms with Gasteiger partial charge < -0.3 is 4.42 Å². The first-order valence-corrected chi connectivity index (χ1v) is 8.84. The van der Waals surface area contributed by atoms with Gasteiger partial charge in [0.05, 0.1) is 17.6 Å². The number of aromatic nitrogens is 3. The minimum Gasteiger partial charge on any atom is -0.442 e. The van der Waals surface area contributed by atoms with Gasteiger partial charge in [-0.15, -0.1) is 0 Å². The van der Waals surface area contributed by atoms with Gasteiger partial charge in [0.15, 0.2) is 17.8 Å². The second-order valence-corrected chi connectivity index (χ2v) is 6.70. The standard InChI is InChI=1S/C18H14N6OS/c1-2-5-13(6-3-1)10-23-18-15(9-19-11-20-18)22-24(23)26-16-8-4-7-14-17(16)25-12-21-14/h1-9,11-12,22H,10H2. The molecule has 128 valence electrons. The molecule has 3 heterocycles. The number of benzene rings is 2. The Morgan fingerprint density at radius 2 is 1.96 bits per heavy atom. The molecule has 0 atom stereocenters. The minimum atomic E-state index is 0.678. The first-order chi connectivity index (χ1) is 12.9. The lowest BCUT2D eigenvalue weighted by Gasteiger charge is -2.27. The van der Waals surface area contributed by atoms with Crippen molar-refractivity contribution in [1.82, 2.24) is 19.5 Å². The largest absolute Gasteiger partial charge is 0.442 e. The highest BCUT2D eigenvalue weighted by molar-refractivity contribution is 7.97. The van der Waals surface area contributed by atoms with Gasteiger partial charge in [-0.05, 0) is 17.7 Å². The summed E-state index contributed by atoms with van der Waals surface area (Å²) in [4.78, 5) is 13.7. The molecule has 26 heavy (non-hydrogen) atoms. The van der Waals surface area contributed by atoms with Crippen molar-refractivity contribution in [3.63, 3.8) is 0 Å². The summed E-state index contributed by atoms with van der Waals surface area (Å²) < 4.78 is 7.51. The molecule has 4 aromatic rings. The van der Waals surface area contributed by atoms with Crippen LogP contribution in [0, 0.1) is 0 Å². The number of hydrogen-bond donors (Lipinski definition) is 1. The fourth-order valence-corrected chi connectivity index (χ4v) is 3.79. The van der Waals surface area contributed by atoms with Crippen LogP contribution in [0.4, 0.5) is 11.5 Å². The summed E-state index contributed by atoms with van der Waals surface area (Å²) in [6, 6.07) is 16.2. The topological polar surface area (TPSA) is 70.3 Å². The first kappa shape index (κ1) is 15.2. The predicted molar refractivity (Wildman–Crippen MR) is 100.0 cm³/mol. The lowest BCUT2D eigenvalue weighted by molar-refractivity contribution is 0.518. The third kappa shape index (κ3) is 2.65. The van der Waals surface area contributed by atoms with E-state index in [1.54, 1.807) is 12.5 Å². The Labute approximate surface area is 153 Å². The van der Waals surface area contributed by atoms with E-state index < -0.39 is 0 Å². The molecule has 7 nitrogen and oxygen atoms in total. The van der Waals surface area contributed by atoms with Gasteiger partial charge in [0.1, 0.15) is 17.5 Å². The molecule has 0 saturated carbocycles. The summed E-state index contributed by atoms with van der Waals surface area (Å²) in [6.07, 6.45) is 4.80. The zero-order valence-corrected chi connectivity index (χ0v) is 14.4. The van der Waals surface area contributed by atoms with E-state index in [4.69, 9.17) is 4.42 Å². The fourth-order valence-electron chi connectivity index (χ4n) is 2.85. The lowest BCUT2D eigenvalue weighted by atomic mass is 10.2. The average Bonchev–Trinajstić information content (AvgIpc) is 3.29. The Morgan fingerprint density at radius 3 is 2.88 bits per heavy atom. The molecule has 1 N–H and O–H groups in total. The van der Waals surface area contributed by atoms with E-state index in [-0.39, 0.29) is 0 Å². The van der Waals surface area contributed by atoms with E-state index in [0.717, 1.165) is 27.5 Å². The summed E-state index contributed by atoms with van der Waals surface area (Å²) in [6.45, 7) is 0.678. The maximum absolute atomic E-state index is 5.56. The molecular weight excluding hydrogens is 348 g/mol. The van der Waals surface area contributed by atoms with Crippen LogP contribution in [0.15, 0.2) is 76.8 Å². The molecule has 0 fully saturated rings. The minimum absolute atomic E-state index is 0.678. The van der Waals surface area contributed by atoms with Crippen LogP contribution in [-0.2, 0) is 6.54 Å². The number of anilines is 2. The van der Waals surface area contributed by atoms with Crippen molar-refractivity contribution in [2.75, 3.05) is 10.4 Å². The molecular formula is C18H14N6OS. The second-order valence-electron chi connectivity index (χ2n) is 5.74. The Bertz CT molecular complexity index is 1050. The van der Waals surface area contributed by atoms with Crippen molar-refractivity contribution < 1.29 is 4.42 Å². The van der Waals surface area contributed by atoms with E-state index in [2.05, 4.69) is 37.5 Å². The van der Waals surface area contributed by atoms with Crippen molar-refractivity contribution in [2.45, 2.75) is 11.4 Å². The van der Waals surface area contributed by atoms with Crippen LogP contribution < -0.4 is 10.4 Å². The van der Waals surface area contributed by atoms with E-state index >= 15 is 0 Å². The van der Waals surface area contributed by atoms with Gasteiger partial charge in [0.2, 0.25) is 0 Å². The van der Waals surface area contributed by atoms with E-state index in [0.29, 0.717) is 6.54 Å². The quantitative estimate of drug-likeness (QED) is 0.548. The molecule has 0 spiro atoms. The molecule has 0 bridgehead atoms. The fraction of sp³-hybridized carbons (Fsp3) is 0.0556. The van der Waals surface area contributed by atoms with Gasteiger partial charge in [-0.2, -0.15) is 0 Å². The monoisotopic (exact) mass is 362 g/mol. The number of fused-ring (bicyclic) bond motifs is 2. The molecule has 1 aliphatic rings. The summed E-state index contributed by atoms with van der Waals surface area (Å²) in [5, 5.41) is 2.08. The van der Waals surface area contributed by atoms with Crippen molar-refractivity contribution in [2.24, 2.45) is 0 Å². The van der Waals surface area contributed by atoms with Crippen molar-refractivity contribution >= 4 is 34.6 Å². The SMILES string of the molecule is c1ccc(CN2c3ncncc3NN2Sc2cccc3ncoc23)cc1. The van der Waals surface area contributed by atoms with Gasteiger partial charge in [0, 0.05) is 11.9 Å². The molecule has 0 radical (unpaired) electrons. The van der Waals surface area contributed by atoms with Gasteiger partial charge in [-0.25, -0.2) is 15.0 Å². The molecule has 2 aromatic carbocycles.